The Morgan fingerprint density at radius 2 is 1.67 bits per heavy atom. The maximum Gasteiger partial charge on any atom is 0.261 e. The Kier molecular flexibility index (Phi) is 9.47. The van der Waals surface area contributed by atoms with Crippen LogP contribution in [-0.4, -0.2) is 35.9 Å². The van der Waals surface area contributed by atoms with Gasteiger partial charge in [-0.2, -0.15) is 0 Å². The Balaban J connectivity index is 2.22. The summed E-state index contributed by atoms with van der Waals surface area (Å²) >= 11 is 12.4. The molecule has 5 nitrogen and oxygen atoms in total. The molecule has 7 heteroatoms. The summed E-state index contributed by atoms with van der Waals surface area (Å²) in [7, 11) is 0. The fourth-order valence-electron chi connectivity index (χ4n) is 2.94. The van der Waals surface area contributed by atoms with Crippen LogP contribution >= 0.6 is 23.2 Å². The molecule has 162 valence electrons. The number of carbonyl (C=O) groups excluding carboxylic acids is 2. The van der Waals surface area contributed by atoms with Crippen LogP contribution in [0.2, 0.25) is 10.0 Å². The molecule has 0 heterocycles. The molecule has 0 spiro atoms. The third-order valence-corrected chi connectivity index (χ3v) is 5.24. The summed E-state index contributed by atoms with van der Waals surface area (Å²) < 4.78 is 5.63. The number of hydrogen-bond donors (Lipinski definition) is 1. The standard InChI is InChI=1S/C23H28Cl2N2O3/c1-4-20(23(29)26-13-16(2)3)27(14-17-9-5-6-10-18(17)24)22(28)15-30-21-12-8-7-11-19(21)25/h5-12,16,20H,4,13-15H2,1-3H3,(H,26,29)/t20-/m1/s1. The second-order valence-electron chi connectivity index (χ2n) is 7.40. The molecule has 0 aliphatic rings. The lowest BCUT2D eigenvalue weighted by molar-refractivity contribution is -0.143. The van der Waals surface area contributed by atoms with Crippen molar-refractivity contribution in [1.82, 2.24) is 10.2 Å². The summed E-state index contributed by atoms with van der Waals surface area (Å²) in [5, 5.41) is 3.89. The number of hydrogen-bond acceptors (Lipinski definition) is 3. The van der Waals surface area contributed by atoms with Crippen molar-refractivity contribution in [3.8, 4) is 5.75 Å². The van der Waals surface area contributed by atoms with Gasteiger partial charge < -0.3 is 15.0 Å². The molecule has 0 aromatic heterocycles. The van der Waals surface area contributed by atoms with Crippen LogP contribution in [-0.2, 0) is 16.1 Å². The number of para-hydroxylation sites is 1. The topological polar surface area (TPSA) is 58.6 Å². The van der Waals surface area contributed by atoms with Crippen molar-refractivity contribution in [2.45, 2.75) is 39.8 Å². The van der Waals surface area contributed by atoms with Crippen LogP contribution in [0.4, 0.5) is 0 Å². The van der Waals surface area contributed by atoms with Crippen LogP contribution in [0.3, 0.4) is 0 Å². The summed E-state index contributed by atoms with van der Waals surface area (Å²) in [4.78, 5) is 27.5. The maximum absolute atomic E-state index is 13.1. The second-order valence-corrected chi connectivity index (χ2v) is 8.21. The van der Waals surface area contributed by atoms with E-state index in [1.807, 2.05) is 39.0 Å². The lowest BCUT2D eigenvalue weighted by Crippen LogP contribution is -2.50. The molecule has 0 radical (unpaired) electrons. The van der Waals surface area contributed by atoms with E-state index in [0.29, 0.717) is 34.7 Å². The molecule has 0 unspecified atom stereocenters. The molecule has 1 N–H and O–H groups in total. The Morgan fingerprint density at radius 1 is 1.03 bits per heavy atom. The maximum atomic E-state index is 13.1. The van der Waals surface area contributed by atoms with Gasteiger partial charge in [0.2, 0.25) is 5.91 Å². The van der Waals surface area contributed by atoms with Crippen molar-refractivity contribution < 1.29 is 14.3 Å². The molecule has 1 atom stereocenters. The smallest absolute Gasteiger partial charge is 0.261 e. The van der Waals surface area contributed by atoms with Crippen LogP contribution in [0, 0.1) is 5.92 Å². The lowest BCUT2D eigenvalue weighted by atomic mass is 10.1. The molecule has 0 saturated carbocycles. The predicted molar refractivity (Wildman–Crippen MR) is 121 cm³/mol. The van der Waals surface area contributed by atoms with Crippen molar-refractivity contribution in [2.24, 2.45) is 5.92 Å². The fourth-order valence-corrected chi connectivity index (χ4v) is 3.32. The average Bonchev–Trinajstić information content (AvgIpc) is 2.72. The molecule has 0 fully saturated rings. The minimum absolute atomic E-state index is 0.190. The van der Waals surface area contributed by atoms with E-state index >= 15 is 0 Å². The van der Waals surface area contributed by atoms with E-state index in [1.165, 1.54) is 4.90 Å². The molecular weight excluding hydrogens is 423 g/mol. The largest absolute Gasteiger partial charge is 0.482 e. The SMILES string of the molecule is CC[C@H](C(=O)NCC(C)C)N(Cc1ccccc1Cl)C(=O)COc1ccccc1Cl. The van der Waals surface area contributed by atoms with E-state index in [2.05, 4.69) is 5.32 Å². The predicted octanol–water partition coefficient (Wildman–Crippen LogP) is 4.95. The van der Waals surface area contributed by atoms with E-state index in [-0.39, 0.29) is 25.0 Å². The van der Waals surface area contributed by atoms with Crippen LogP contribution in [0.25, 0.3) is 0 Å². The highest BCUT2D eigenvalue weighted by Gasteiger charge is 2.29. The van der Waals surface area contributed by atoms with Crippen molar-refractivity contribution >= 4 is 35.0 Å². The molecule has 30 heavy (non-hydrogen) atoms. The molecular formula is C23H28Cl2N2O3. The van der Waals surface area contributed by atoms with E-state index in [0.717, 1.165) is 5.56 Å². The number of halogens is 2. The lowest BCUT2D eigenvalue weighted by Gasteiger charge is -2.31. The number of nitrogens with one attached hydrogen (secondary N) is 1. The first kappa shape index (κ1) is 24.0. The summed E-state index contributed by atoms with van der Waals surface area (Å²) in [6, 6.07) is 13.6. The summed E-state index contributed by atoms with van der Waals surface area (Å²) in [5.41, 5.74) is 0.764. The van der Waals surface area contributed by atoms with Gasteiger partial charge in [-0.15, -0.1) is 0 Å². The Morgan fingerprint density at radius 3 is 2.27 bits per heavy atom. The summed E-state index contributed by atoms with van der Waals surface area (Å²) in [6.07, 6.45) is 0.464. The van der Waals surface area contributed by atoms with E-state index in [9.17, 15) is 9.59 Å². The molecule has 0 aliphatic carbocycles. The van der Waals surface area contributed by atoms with Crippen molar-refractivity contribution in [3.63, 3.8) is 0 Å². The van der Waals surface area contributed by atoms with Gasteiger partial charge in [0.15, 0.2) is 6.61 Å². The third kappa shape index (κ3) is 6.92. The van der Waals surface area contributed by atoms with Gasteiger partial charge in [-0.3, -0.25) is 9.59 Å². The van der Waals surface area contributed by atoms with Gasteiger partial charge in [0.25, 0.3) is 5.91 Å². The molecule has 2 rings (SSSR count). The van der Waals surface area contributed by atoms with Crippen LogP contribution in [0.15, 0.2) is 48.5 Å². The van der Waals surface area contributed by atoms with E-state index in [1.54, 1.807) is 30.3 Å². The zero-order valence-corrected chi connectivity index (χ0v) is 19.0. The molecule has 0 aliphatic heterocycles. The highest BCUT2D eigenvalue weighted by atomic mass is 35.5. The zero-order chi connectivity index (χ0) is 22.1. The Hall–Kier alpha value is -2.24. The van der Waals surface area contributed by atoms with Crippen LogP contribution in [0.5, 0.6) is 5.75 Å². The number of ether oxygens (including phenoxy) is 1. The first-order valence-corrected chi connectivity index (χ1v) is 10.8. The van der Waals surface area contributed by atoms with Gasteiger partial charge >= 0.3 is 0 Å². The van der Waals surface area contributed by atoms with Gasteiger partial charge in [0.05, 0.1) is 5.02 Å². The quantitative estimate of drug-likeness (QED) is 0.556. The molecule has 0 saturated heterocycles. The minimum atomic E-state index is -0.637. The first-order chi connectivity index (χ1) is 14.3. The Bertz CT molecular complexity index is 858. The van der Waals surface area contributed by atoms with Gasteiger partial charge in [-0.05, 0) is 36.1 Å². The van der Waals surface area contributed by atoms with Gasteiger partial charge in [-0.1, -0.05) is 74.3 Å². The van der Waals surface area contributed by atoms with E-state index < -0.39 is 6.04 Å². The molecule has 2 aromatic rings. The number of carbonyl (C=O) groups is 2. The van der Waals surface area contributed by atoms with Crippen molar-refractivity contribution in [1.29, 1.82) is 0 Å². The highest BCUT2D eigenvalue weighted by molar-refractivity contribution is 6.32. The summed E-state index contributed by atoms with van der Waals surface area (Å²) in [5.74, 6) is 0.219. The van der Waals surface area contributed by atoms with Crippen LogP contribution < -0.4 is 10.1 Å². The molecule has 0 bridgehead atoms. The Labute approximate surface area is 188 Å². The van der Waals surface area contributed by atoms with Crippen molar-refractivity contribution in [2.75, 3.05) is 13.2 Å². The number of benzene rings is 2. The van der Waals surface area contributed by atoms with E-state index in [4.69, 9.17) is 27.9 Å². The zero-order valence-electron chi connectivity index (χ0n) is 17.5. The van der Waals surface area contributed by atoms with Gasteiger partial charge in [-0.25, -0.2) is 0 Å². The third-order valence-electron chi connectivity index (χ3n) is 4.56. The number of nitrogens with zero attached hydrogens (tertiary/aromatic N) is 1. The first-order valence-electron chi connectivity index (χ1n) is 10.0. The summed E-state index contributed by atoms with van der Waals surface area (Å²) in [6.45, 7) is 6.43. The molecule has 2 aromatic carbocycles. The average molecular weight is 451 g/mol. The highest BCUT2D eigenvalue weighted by Crippen LogP contribution is 2.24. The van der Waals surface area contributed by atoms with Gasteiger partial charge in [0.1, 0.15) is 11.8 Å². The monoisotopic (exact) mass is 450 g/mol. The number of rotatable bonds is 10. The van der Waals surface area contributed by atoms with Crippen LogP contribution in [0.1, 0.15) is 32.8 Å². The molecule has 2 amide bonds. The van der Waals surface area contributed by atoms with Gasteiger partial charge in [0, 0.05) is 18.1 Å². The fraction of sp³-hybridized carbons (Fsp3) is 0.391. The minimum Gasteiger partial charge on any atom is -0.482 e. The van der Waals surface area contributed by atoms with Crippen molar-refractivity contribution in [3.05, 3.63) is 64.1 Å². The number of amides is 2. The second kappa shape index (κ2) is 11.8. The normalized spacial score (nSPS) is 11.8.